The minimum absolute atomic E-state index is 0.131. The van der Waals surface area contributed by atoms with Gasteiger partial charge in [-0.1, -0.05) is 106 Å². The molecule has 3 N–H and O–H groups in total. The Morgan fingerprint density at radius 2 is 1.17 bits per heavy atom. The highest BCUT2D eigenvalue weighted by atomic mass is 16.4. The van der Waals surface area contributed by atoms with Gasteiger partial charge in [0.25, 0.3) is 0 Å². The van der Waals surface area contributed by atoms with Crippen LogP contribution in [0, 0.1) is 23.7 Å². The van der Waals surface area contributed by atoms with E-state index in [1.165, 1.54) is 0 Å². The predicted molar refractivity (Wildman–Crippen MR) is 146 cm³/mol. The van der Waals surface area contributed by atoms with Gasteiger partial charge in [-0.05, 0) is 31.1 Å². The number of unbranched alkanes of at least 4 members (excludes halogenated alkanes) is 4. The van der Waals surface area contributed by atoms with Crippen LogP contribution in [0.25, 0.3) is 0 Å². The molecular weight excluding hydrogens is 456 g/mol. The predicted octanol–water partition coefficient (Wildman–Crippen LogP) is 5.82. The lowest BCUT2D eigenvalue weighted by molar-refractivity contribution is -0.197. The molecule has 0 amide bonds. The van der Waals surface area contributed by atoms with Crippen molar-refractivity contribution in [1.29, 1.82) is 0 Å². The molecule has 6 nitrogen and oxygen atoms in total. The number of carbonyl (C=O) groups is 3. The SMILES string of the molecule is CCCCCC(C)CCC(=O)C(O)(C(=O)C(C)CCCC(C)C)C(O)(CO)C(=O)C(C)CCCCC. The minimum atomic E-state index is -2.96. The maximum Gasteiger partial charge on any atom is 0.219 e. The third-order valence-electron chi connectivity index (χ3n) is 7.71. The summed E-state index contributed by atoms with van der Waals surface area (Å²) in [6, 6.07) is 0. The first-order chi connectivity index (χ1) is 16.8. The third kappa shape index (κ3) is 9.98. The van der Waals surface area contributed by atoms with Crippen LogP contribution >= 0.6 is 0 Å². The zero-order valence-electron chi connectivity index (χ0n) is 24.3. The molecule has 0 saturated carbocycles. The molecular formula is C30H56O6. The molecule has 6 heteroatoms. The number of ketones is 3. The van der Waals surface area contributed by atoms with Gasteiger partial charge in [0.15, 0.2) is 23.0 Å². The van der Waals surface area contributed by atoms with Crippen LogP contribution in [0.15, 0.2) is 0 Å². The number of hydrogen-bond donors (Lipinski definition) is 3. The van der Waals surface area contributed by atoms with Crippen LogP contribution in [0.5, 0.6) is 0 Å². The molecule has 0 aromatic heterocycles. The summed E-state index contributed by atoms with van der Waals surface area (Å²) >= 11 is 0. The topological polar surface area (TPSA) is 112 Å². The molecule has 0 heterocycles. The number of carbonyl (C=O) groups excluding carboxylic acids is 3. The van der Waals surface area contributed by atoms with Crippen molar-refractivity contribution in [3.8, 4) is 0 Å². The Morgan fingerprint density at radius 3 is 1.67 bits per heavy atom. The lowest BCUT2D eigenvalue weighted by atomic mass is 9.67. The van der Waals surface area contributed by atoms with Crippen LogP contribution in [0.2, 0.25) is 0 Å². The monoisotopic (exact) mass is 512 g/mol. The van der Waals surface area contributed by atoms with E-state index in [2.05, 4.69) is 20.8 Å². The summed E-state index contributed by atoms with van der Waals surface area (Å²) in [6.45, 7) is 12.4. The molecule has 0 radical (unpaired) electrons. The molecule has 0 bridgehead atoms. The van der Waals surface area contributed by atoms with Gasteiger partial charge in [0.1, 0.15) is 0 Å². The van der Waals surface area contributed by atoms with Crippen molar-refractivity contribution in [2.24, 2.45) is 23.7 Å². The Kier molecular flexibility index (Phi) is 16.9. The summed E-state index contributed by atoms with van der Waals surface area (Å²) in [5, 5.41) is 33.4. The van der Waals surface area contributed by atoms with E-state index in [4.69, 9.17) is 0 Å². The first kappa shape index (κ1) is 34.9. The van der Waals surface area contributed by atoms with E-state index in [0.717, 1.165) is 57.8 Å². The standard InChI is InChI=1S/C30H56O6/c1-8-10-12-16-23(5)19-20-26(32)30(36,28(34)25(7)18-14-15-22(3)4)29(35,21-31)27(33)24(6)17-13-11-9-2/h22-25,31,35-36H,8-21H2,1-7H3. The average molecular weight is 513 g/mol. The molecule has 212 valence electrons. The number of Topliss-reactive ketones (excluding diaryl/α,β-unsaturated/α-hetero) is 3. The number of aliphatic hydroxyl groups excluding tert-OH is 1. The second-order valence-corrected chi connectivity index (χ2v) is 11.6. The van der Waals surface area contributed by atoms with Gasteiger partial charge in [-0.2, -0.15) is 0 Å². The molecule has 0 saturated heterocycles. The van der Waals surface area contributed by atoms with Gasteiger partial charge < -0.3 is 15.3 Å². The zero-order chi connectivity index (χ0) is 27.9. The summed E-state index contributed by atoms with van der Waals surface area (Å²) in [4.78, 5) is 40.6. The largest absolute Gasteiger partial charge is 0.393 e. The molecule has 0 fully saturated rings. The lowest BCUT2D eigenvalue weighted by Crippen LogP contribution is -2.71. The molecule has 5 unspecified atom stereocenters. The second kappa shape index (κ2) is 17.4. The Morgan fingerprint density at radius 1 is 0.667 bits per heavy atom. The maximum absolute atomic E-state index is 13.6. The number of rotatable bonds is 22. The van der Waals surface area contributed by atoms with Crippen LogP contribution in [0.1, 0.15) is 132 Å². The van der Waals surface area contributed by atoms with Gasteiger partial charge in [-0.25, -0.2) is 0 Å². The fourth-order valence-corrected chi connectivity index (χ4v) is 4.95. The van der Waals surface area contributed by atoms with Crippen LogP contribution in [-0.2, 0) is 14.4 Å². The molecule has 0 spiro atoms. The van der Waals surface area contributed by atoms with Crippen LogP contribution in [0.3, 0.4) is 0 Å². The van der Waals surface area contributed by atoms with Crippen molar-refractivity contribution in [3.63, 3.8) is 0 Å². The average Bonchev–Trinajstić information content (AvgIpc) is 2.84. The molecule has 5 atom stereocenters. The van der Waals surface area contributed by atoms with E-state index >= 15 is 0 Å². The van der Waals surface area contributed by atoms with Crippen molar-refractivity contribution in [2.75, 3.05) is 6.61 Å². The van der Waals surface area contributed by atoms with Crippen LogP contribution in [-0.4, -0.2) is 50.5 Å². The normalized spacial score (nSPS) is 17.8. The van der Waals surface area contributed by atoms with Crippen LogP contribution in [0.4, 0.5) is 0 Å². The smallest absolute Gasteiger partial charge is 0.219 e. The molecule has 0 aliphatic carbocycles. The van der Waals surface area contributed by atoms with E-state index < -0.39 is 47.0 Å². The van der Waals surface area contributed by atoms with Crippen LogP contribution < -0.4 is 0 Å². The van der Waals surface area contributed by atoms with Gasteiger partial charge in [0, 0.05) is 18.3 Å². The highest BCUT2D eigenvalue weighted by Gasteiger charge is 2.64. The minimum Gasteiger partial charge on any atom is -0.393 e. The summed E-state index contributed by atoms with van der Waals surface area (Å²) in [5.41, 5.74) is -5.82. The highest BCUT2D eigenvalue weighted by Crippen LogP contribution is 2.35. The Balaban J connectivity index is 6.01. The molecule has 0 aliphatic rings. The summed E-state index contributed by atoms with van der Waals surface area (Å²) in [6.07, 6.45) is 9.57. The Labute approximate surface area is 220 Å². The van der Waals surface area contributed by atoms with Crippen molar-refractivity contribution in [3.05, 3.63) is 0 Å². The fourth-order valence-electron chi connectivity index (χ4n) is 4.95. The van der Waals surface area contributed by atoms with E-state index in [1.54, 1.807) is 13.8 Å². The van der Waals surface area contributed by atoms with Gasteiger partial charge >= 0.3 is 0 Å². The molecule has 0 rings (SSSR count). The highest BCUT2D eigenvalue weighted by molar-refractivity contribution is 6.17. The maximum atomic E-state index is 13.6. The van der Waals surface area contributed by atoms with E-state index in [1.807, 2.05) is 13.8 Å². The summed E-state index contributed by atoms with van der Waals surface area (Å²) in [7, 11) is 0. The quantitative estimate of drug-likeness (QED) is 0.124. The van der Waals surface area contributed by atoms with E-state index in [-0.39, 0.29) is 12.3 Å². The molecule has 0 aromatic rings. The molecule has 0 aliphatic heterocycles. The Bertz CT molecular complexity index is 660. The van der Waals surface area contributed by atoms with E-state index in [9.17, 15) is 29.7 Å². The van der Waals surface area contributed by atoms with Crippen molar-refractivity contribution >= 4 is 17.3 Å². The first-order valence-corrected chi connectivity index (χ1v) is 14.5. The van der Waals surface area contributed by atoms with Gasteiger partial charge in [-0.3, -0.25) is 14.4 Å². The summed E-state index contributed by atoms with van der Waals surface area (Å²) < 4.78 is 0. The molecule has 0 aromatic carbocycles. The third-order valence-corrected chi connectivity index (χ3v) is 7.71. The van der Waals surface area contributed by atoms with Crippen molar-refractivity contribution in [1.82, 2.24) is 0 Å². The second-order valence-electron chi connectivity index (χ2n) is 11.6. The zero-order valence-corrected chi connectivity index (χ0v) is 24.3. The first-order valence-electron chi connectivity index (χ1n) is 14.5. The summed E-state index contributed by atoms with van der Waals surface area (Å²) in [5.74, 6) is -3.35. The van der Waals surface area contributed by atoms with Gasteiger partial charge in [0.2, 0.25) is 5.60 Å². The van der Waals surface area contributed by atoms with E-state index in [0.29, 0.717) is 25.2 Å². The molecule has 36 heavy (non-hydrogen) atoms. The number of hydrogen-bond acceptors (Lipinski definition) is 6. The van der Waals surface area contributed by atoms with Gasteiger partial charge in [-0.15, -0.1) is 0 Å². The number of aliphatic hydroxyl groups is 3. The fraction of sp³-hybridized carbons (Fsp3) is 0.900. The van der Waals surface area contributed by atoms with Crippen molar-refractivity contribution < 1.29 is 29.7 Å². The van der Waals surface area contributed by atoms with Gasteiger partial charge in [0.05, 0.1) is 6.61 Å². The lowest BCUT2D eigenvalue weighted by Gasteiger charge is -2.41. The van der Waals surface area contributed by atoms with Crippen molar-refractivity contribution in [2.45, 2.75) is 143 Å². The Hall–Kier alpha value is -1.11.